The Morgan fingerprint density at radius 2 is 1.23 bits per heavy atom. The fraction of sp³-hybridized carbons (Fsp3) is 0.873. The second-order valence-corrected chi connectivity index (χ2v) is 29.0. The van der Waals surface area contributed by atoms with Crippen LogP contribution in [0.25, 0.3) is 0 Å². The summed E-state index contributed by atoms with van der Waals surface area (Å²) in [6.45, 7) is 15.6. The molecule has 31 atom stereocenters. The minimum atomic E-state index is -2.08. The molecule has 5 aliphatic carbocycles. The molecule has 4 heterocycles. The number of allylic oxidation sites excluding steroid dienone is 2. The summed E-state index contributed by atoms with van der Waals surface area (Å²) in [5.41, 5.74) is -3.81. The lowest BCUT2D eigenvalue weighted by atomic mass is 9.32. The molecule has 0 amide bonds. The van der Waals surface area contributed by atoms with Gasteiger partial charge in [0.2, 0.25) is 0 Å². The minimum Gasteiger partial charge on any atom is -0.479 e. The van der Waals surface area contributed by atoms with Gasteiger partial charge in [-0.25, -0.2) is 9.59 Å². The van der Waals surface area contributed by atoms with E-state index in [1.54, 1.807) is 19.9 Å². The Morgan fingerprint density at radius 3 is 1.82 bits per heavy atom. The van der Waals surface area contributed by atoms with Crippen molar-refractivity contribution in [1.29, 1.82) is 0 Å². The molecular weight excluding hydrogens is 1200 g/mol. The number of carboxylic acids is 1. The molecule has 14 N–H and O–H groups in total. The highest BCUT2D eigenvalue weighted by Crippen LogP contribution is 2.77. The van der Waals surface area contributed by atoms with Crippen molar-refractivity contribution in [2.24, 2.45) is 50.2 Å². The van der Waals surface area contributed by atoms with Crippen molar-refractivity contribution >= 4 is 23.9 Å². The van der Waals surface area contributed by atoms with E-state index in [0.717, 1.165) is 5.57 Å². The Hall–Kier alpha value is -3.44. The van der Waals surface area contributed by atoms with Crippen LogP contribution in [0.1, 0.15) is 127 Å². The largest absolute Gasteiger partial charge is 0.479 e. The quantitative estimate of drug-likeness (QED) is 0.0342. The third kappa shape index (κ3) is 12.4. The van der Waals surface area contributed by atoms with Gasteiger partial charge in [0.1, 0.15) is 110 Å². The van der Waals surface area contributed by atoms with E-state index in [-0.39, 0.29) is 31.3 Å². The van der Waals surface area contributed by atoms with Crippen LogP contribution in [0, 0.1) is 50.2 Å². The topological polar surface area (TPSA) is 444 Å². The Kier molecular flexibility index (Phi) is 21.2. The predicted octanol–water partition coefficient (Wildman–Crippen LogP) is -1.48. The lowest BCUT2D eigenvalue weighted by molar-refractivity contribution is -0.383. The standard InChI is InChI=1S/C63H98O28/c1-11-26(2)54(81)89-38-21-58(5,6)20-30-29-12-13-36-59(7)18-16-37(68)60(8,35(59)15-19-61(36,9)62(29,10)52(84-28(4)67)51(78)63(30,38)25-83-27(3)66)17-14-31-39(69)43(73)46(76)55(85-31)88-34-24-82-50(53(79)80)48(42(34)72)90-57-49(45(75)41(71)33(23-65)87-57)91-56-47(77)44(74)40(70)32(22-64)86-56/h11-12,30-52,55-57,64-65,68-78H,13-25H2,1-10H3,(H,79,80)/b26-11-/t30-,31-,32+,33+,34-,35?,36?,37-,38-,39-,40+,41-,42+,43+,44-,45-,46+,47+,48-,49+,50-,51+,52-,55?,56-,57-,59-,60?,61+,62-,63+/m0/s1. The SMILES string of the molecule is C/C=C(/C)C(=O)O[C@H]1CC(C)(C)C[C@H]2C3=CCC4[C@@]5(C)CC[C@H](O)C(C)(CC[C@@H]6OC(O[C@H]7CO[C@H](C(=O)O)[C@@H](O[C@@H]8O[C@H](CO)[C@H](O)[C@H](O)[C@H]8O[C@@H]8O[C@H](CO)[C@@H](O)[C@H](O)[C@H]8O)[C@@H]7O)[C@H](O)[C@H](O)[C@H]6O)C5CC[C@@]4(C)[C@]3(C)[C@@H](OC(C)=O)[C@@H](O)[C@@]12COC(C)=O. The van der Waals surface area contributed by atoms with Crippen LogP contribution >= 0.6 is 0 Å². The highest BCUT2D eigenvalue weighted by molar-refractivity contribution is 5.87. The zero-order valence-corrected chi connectivity index (χ0v) is 53.3. The smallest absolute Gasteiger partial charge is 0.335 e. The number of aliphatic hydroxyl groups is 13. The third-order valence-electron chi connectivity index (χ3n) is 23.4. The van der Waals surface area contributed by atoms with Gasteiger partial charge >= 0.3 is 23.9 Å². The molecule has 518 valence electrons. The first kappa shape index (κ1) is 71.8. The molecule has 8 fully saturated rings. The molecule has 4 unspecified atom stereocenters. The van der Waals surface area contributed by atoms with Crippen molar-refractivity contribution in [3.05, 3.63) is 23.3 Å². The molecule has 0 aromatic carbocycles. The van der Waals surface area contributed by atoms with E-state index < -0.39 is 223 Å². The van der Waals surface area contributed by atoms with Crippen LogP contribution in [0.4, 0.5) is 0 Å². The van der Waals surface area contributed by atoms with Crippen LogP contribution in [-0.4, -0.2) is 263 Å². The first-order chi connectivity index (χ1) is 42.5. The molecule has 0 spiro atoms. The number of carbonyl (C=O) groups is 4. The van der Waals surface area contributed by atoms with E-state index in [9.17, 15) is 90.7 Å². The van der Waals surface area contributed by atoms with Crippen LogP contribution in [0.2, 0.25) is 0 Å². The summed E-state index contributed by atoms with van der Waals surface area (Å²) in [6, 6.07) is 0. The molecule has 4 saturated heterocycles. The Balaban J connectivity index is 0.960. The van der Waals surface area contributed by atoms with E-state index in [1.165, 1.54) is 13.8 Å². The lowest BCUT2D eigenvalue weighted by Crippen LogP contribution is -2.75. The number of hydrogen-bond acceptors (Lipinski definition) is 27. The van der Waals surface area contributed by atoms with Crippen molar-refractivity contribution in [3.63, 3.8) is 0 Å². The van der Waals surface area contributed by atoms with Gasteiger partial charge in [-0.2, -0.15) is 0 Å². The van der Waals surface area contributed by atoms with Gasteiger partial charge in [-0.1, -0.05) is 59.3 Å². The molecule has 9 aliphatic rings. The van der Waals surface area contributed by atoms with Gasteiger partial charge in [0.05, 0.1) is 37.4 Å². The number of fused-ring (bicyclic) bond motifs is 7. The number of aliphatic hydroxyl groups excluding tert-OH is 13. The second-order valence-electron chi connectivity index (χ2n) is 29.0. The molecule has 91 heavy (non-hydrogen) atoms. The minimum absolute atomic E-state index is 0.0256. The molecule has 28 heteroatoms. The molecule has 4 saturated carbocycles. The first-order valence-electron chi connectivity index (χ1n) is 31.9. The summed E-state index contributed by atoms with van der Waals surface area (Å²) in [7, 11) is 0. The molecular formula is C63H98O28. The number of hydrogen-bond donors (Lipinski definition) is 14. The van der Waals surface area contributed by atoms with Crippen molar-refractivity contribution < 1.29 is 138 Å². The molecule has 28 nitrogen and oxygen atoms in total. The van der Waals surface area contributed by atoms with Gasteiger partial charge in [0.25, 0.3) is 0 Å². The average Bonchev–Trinajstić information content (AvgIpc) is 0.663. The molecule has 0 aromatic heterocycles. The maximum Gasteiger partial charge on any atom is 0.335 e. The zero-order chi connectivity index (χ0) is 67.2. The number of aliphatic carboxylic acids is 1. The molecule has 9 rings (SSSR count). The Bertz CT molecular complexity index is 2690. The fourth-order valence-corrected chi connectivity index (χ4v) is 18.1. The van der Waals surface area contributed by atoms with Crippen molar-refractivity contribution in [2.75, 3.05) is 26.4 Å². The summed E-state index contributed by atoms with van der Waals surface area (Å²) in [4.78, 5) is 52.7. The maximum absolute atomic E-state index is 13.8. The van der Waals surface area contributed by atoms with Gasteiger partial charge < -0.3 is 119 Å². The predicted molar refractivity (Wildman–Crippen MR) is 308 cm³/mol. The number of carbonyl (C=O) groups excluding carboxylic acids is 3. The molecule has 0 bridgehead atoms. The van der Waals surface area contributed by atoms with Crippen LogP contribution < -0.4 is 0 Å². The average molecular weight is 1300 g/mol. The number of ether oxygens (including phenoxy) is 10. The van der Waals surface area contributed by atoms with E-state index in [2.05, 4.69) is 40.7 Å². The first-order valence-corrected chi connectivity index (χ1v) is 31.9. The fourth-order valence-electron chi connectivity index (χ4n) is 18.1. The normalized spacial score (nSPS) is 49.7. The number of esters is 3. The van der Waals surface area contributed by atoms with Crippen molar-refractivity contribution in [1.82, 2.24) is 0 Å². The summed E-state index contributed by atoms with van der Waals surface area (Å²) in [5.74, 6) is -4.41. The Labute approximate surface area is 528 Å². The maximum atomic E-state index is 13.8. The van der Waals surface area contributed by atoms with Gasteiger partial charge in [-0.05, 0) is 111 Å². The van der Waals surface area contributed by atoms with E-state index in [0.29, 0.717) is 50.5 Å². The Morgan fingerprint density at radius 1 is 0.648 bits per heavy atom. The van der Waals surface area contributed by atoms with Gasteiger partial charge in [-0.15, -0.1) is 0 Å². The molecule has 0 radical (unpaired) electrons. The van der Waals surface area contributed by atoms with E-state index >= 15 is 0 Å². The number of rotatable bonds is 17. The zero-order valence-electron chi connectivity index (χ0n) is 53.3. The highest BCUT2D eigenvalue weighted by atomic mass is 16.8. The van der Waals surface area contributed by atoms with Crippen molar-refractivity contribution in [3.8, 4) is 0 Å². The monoisotopic (exact) mass is 1300 g/mol. The summed E-state index contributed by atoms with van der Waals surface area (Å²) in [5, 5.41) is 156. The second kappa shape index (κ2) is 26.9. The summed E-state index contributed by atoms with van der Waals surface area (Å²) in [6.07, 6.45) is -32.8. The van der Waals surface area contributed by atoms with E-state index in [1.807, 2.05) is 6.92 Å². The number of carboxylic acid groups (broad SMARTS) is 1. The van der Waals surface area contributed by atoms with Crippen LogP contribution in [-0.2, 0) is 66.5 Å². The van der Waals surface area contributed by atoms with Crippen LogP contribution in [0.3, 0.4) is 0 Å². The van der Waals surface area contributed by atoms with Gasteiger partial charge in [0.15, 0.2) is 25.0 Å². The van der Waals surface area contributed by atoms with Gasteiger partial charge in [-0.3, -0.25) is 9.59 Å². The summed E-state index contributed by atoms with van der Waals surface area (Å²) < 4.78 is 59.4. The third-order valence-corrected chi connectivity index (χ3v) is 23.4. The molecule has 0 aromatic rings. The van der Waals surface area contributed by atoms with Crippen LogP contribution in [0.5, 0.6) is 0 Å². The highest BCUT2D eigenvalue weighted by Gasteiger charge is 2.76. The molecule has 4 aliphatic heterocycles. The van der Waals surface area contributed by atoms with Crippen LogP contribution in [0.15, 0.2) is 23.3 Å². The van der Waals surface area contributed by atoms with Crippen molar-refractivity contribution in [2.45, 2.75) is 268 Å². The van der Waals surface area contributed by atoms with Gasteiger partial charge in [0, 0.05) is 24.8 Å². The summed E-state index contributed by atoms with van der Waals surface area (Å²) >= 11 is 0. The van der Waals surface area contributed by atoms with E-state index in [4.69, 9.17) is 47.4 Å². The lowest BCUT2D eigenvalue weighted by Gasteiger charge is -2.73.